The summed E-state index contributed by atoms with van der Waals surface area (Å²) in [6, 6.07) is 3.65. The number of aliphatic hydroxyl groups is 1. The van der Waals surface area contributed by atoms with E-state index in [2.05, 4.69) is 44.7 Å². The van der Waals surface area contributed by atoms with Gasteiger partial charge in [-0.15, -0.1) is 0 Å². The number of likely N-dealkylation sites (tertiary alicyclic amines) is 1. The number of piperidine rings is 1. The molecule has 3 heterocycles. The van der Waals surface area contributed by atoms with E-state index in [9.17, 15) is 5.11 Å². The molecule has 2 fully saturated rings. The molecular weight excluding hydrogens is 415 g/mol. The number of fused-ring (bicyclic) bond motifs is 1. The lowest BCUT2D eigenvalue weighted by Gasteiger charge is -2.30. The van der Waals surface area contributed by atoms with Crippen LogP contribution in [0.3, 0.4) is 0 Å². The molecule has 2 N–H and O–H groups in total. The molecule has 1 aromatic carbocycles. The lowest BCUT2D eigenvalue weighted by Crippen LogP contribution is -2.31. The fourth-order valence-electron chi connectivity index (χ4n) is 4.56. The van der Waals surface area contributed by atoms with E-state index in [0.717, 1.165) is 60.8 Å². The largest absolute Gasteiger partial charge is 0.378 e. The maximum Gasteiger partial charge on any atom is 0.140 e. The predicted octanol–water partition coefficient (Wildman–Crippen LogP) is 4.60. The first kappa shape index (κ1) is 20.6. The molecule has 0 bridgehead atoms. The second-order valence-electron chi connectivity index (χ2n) is 9.10. The van der Waals surface area contributed by atoms with Crippen LogP contribution in [0.15, 0.2) is 24.5 Å². The number of hydrogen-bond acceptors (Lipinski definition) is 3. The molecule has 0 amide bonds. The molecule has 1 aliphatic heterocycles. The van der Waals surface area contributed by atoms with Crippen LogP contribution in [0.4, 0.5) is 4.39 Å². The van der Waals surface area contributed by atoms with Crippen molar-refractivity contribution in [3.05, 3.63) is 41.1 Å². The van der Waals surface area contributed by atoms with E-state index in [0.29, 0.717) is 11.2 Å². The van der Waals surface area contributed by atoms with Gasteiger partial charge in [-0.05, 0) is 70.8 Å². The lowest BCUT2D eigenvalue weighted by molar-refractivity contribution is 0.0980. The predicted molar refractivity (Wildman–Crippen MR) is 120 cm³/mol. The third kappa shape index (κ3) is 3.87. The smallest absolute Gasteiger partial charge is 0.140 e. The highest BCUT2D eigenvalue weighted by Crippen LogP contribution is 2.40. The summed E-state index contributed by atoms with van der Waals surface area (Å²) in [6.07, 6.45) is 7.70. The minimum absolute atomic E-state index is 0.178. The van der Waals surface area contributed by atoms with Crippen molar-refractivity contribution in [3.63, 3.8) is 0 Å². The van der Waals surface area contributed by atoms with Crippen molar-refractivity contribution in [2.75, 3.05) is 20.1 Å². The van der Waals surface area contributed by atoms with Crippen LogP contribution < -0.4 is 0 Å². The van der Waals surface area contributed by atoms with Crippen LogP contribution in [-0.4, -0.2) is 50.5 Å². The van der Waals surface area contributed by atoms with Crippen LogP contribution in [0.25, 0.3) is 22.0 Å². The number of rotatable bonds is 3. The molecule has 1 aliphatic carbocycles. The Hall–Kier alpha value is -2.33. The van der Waals surface area contributed by atoms with E-state index in [1.807, 2.05) is 0 Å². The highest BCUT2D eigenvalue weighted by atomic mass is 35.5. The number of benzene rings is 1. The second-order valence-corrected chi connectivity index (χ2v) is 9.48. The second kappa shape index (κ2) is 7.67. The van der Waals surface area contributed by atoms with Gasteiger partial charge in [-0.25, -0.2) is 4.39 Å². The van der Waals surface area contributed by atoms with Crippen molar-refractivity contribution in [2.45, 2.75) is 44.2 Å². The quantitative estimate of drug-likeness (QED) is 0.585. The summed E-state index contributed by atoms with van der Waals surface area (Å²) >= 11 is 6.35. The third-order valence-corrected chi connectivity index (χ3v) is 7.00. The topological polar surface area (TPSA) is 57.1 Å². The molecular formula is C24H26ClFN4O. The molecule has 0 spiro atoms. The van der Waals surface area contributed by atoms with Crippen molar-refractivity contribution in [2.24, 2.45) is 5.92 Å². The van der Waals surface area contributed by atoms with Crippen LogP contribution in [0.1, 0.15) is 44.2 Å². The van der Waals surface area contributed by atoms with Crippen molar-refractivity contribution >= 4 is 22.5 Å². The zero-order chi connectivity index (χ0) is 21.8. The van der Waals surface area contributed by atoms with Gasteiger partial charge in [0, 0.05) is 28.8 Å². The van der Waals surface area contributed by atoms with E-state index in [1.54, 1.807) is 25.3 Å². The van der Waals surface area contributed by atoms with E-state index in [-0.39, 0.29) is 17.3 Å². The summed E-state index contributed by atoms with van der Waals surface area (Å²) in [5.74, 6) is 5.60. The first-order valence-corrected chi connectivity index (χ1v) is 11.2. The normalized spacial score (nSPS) is 19.9. The minimum atomic E-state index is -1.09. The Morgan fingerprint density at radius 2 is 1.97 bits per heavy atom. The number of aromatic amines is 1. The SMILES string of the molecule is CN1CCC(n2cc(-c3cn[nH]c3Cl)c3cc(C#CC(C)(O)C4CC4)c(F)cc32)CC1. The average molecular weight is 441 g/mol. The molecule has 1 atom stereocenters. The zero-order valence-corrected chi connectivity index (χ0v) is 18.5. The van der Waals surface area contributed by atoms with Gasteiger partial charge in [-0.1, -0.05) is 23.4 Å². The van der Waals surface area contributed by atoms with Gasteiger partial charge < -0.3 is 14.6 Å². The van der Waals surface area contributed by atoms with Gasteiger partial charge in [0.1, 0.15) is 16.6 Å². The molecule has 31 heavy (non-hydrogen) atoms. The monoisotopic (exact) mass is 440 g/mol. The standard InChI is InChI=1S/C24H26ClFN4O/c1-24(31,16-3-4-16)8-5-15-11-18-20(19-13-27-28-23(19)25)14-30(22(18)12-21(15)26)17-6-9-29(2)10-7-17/h11-14,16-17,31H,3-4,6-7,9-10H2,1-2H3,(H,27,28). The van der Waals surface area contributed by atoms with Gasteiger partial charge >= 0.3 is 0 Å². The van der Waals surface area contributed by atoms with Crippen molar-refractivity contribution in [3.8, 4) is 23.0 Å². The summed E-state index contributed by atoms with van der Waals surface area (Å²) < 4.78 is 17.3. The number of nitrogens with one attached hydrogen (secondary N) is 1. The Morgan fingerprint density at radius 3 is 2.61 bits per heavy atom. The van der Waals surface area contributed by atoms with Crippen molar-refractivity contribution in [1.82, 2.24) is 19.7 Å². The zero-order valence-electron chi connectivity index (χ0n) is 17.8. The van der Waals surface area contributed by atoms with Gasteiger partial charge in [0.15, 0.2) is 0 Å². The molecule has 0 radical (unpaired) electrons. The number of aromatic nitrogens is 3. The van der Waals surface area contributed by atoms with Gasteiger partial charge in [0.25, 0.3) is 0 Å². The first-order chi connectivity index (χ1) is 14.8. The maximum atomic E-state index is 15.1. The van der Waals surface area contributed by atoms with Crippen molar-refractivity contribution in [1.29, 1.82) is 0 Å². The van der Waals surface area contributed by atoms with Crippen LogP contribution in [0.5, 0.6) is 0 Å². The summed E-state index contributed by atoms with van der Waals surface area (Å²) in [5, 5.41) is 18.7. The van der Waals surface area contributed by atoms with Crippen molar-refractivity contribution < 1.29 is 9.50 Å². The molecule has 5 rings (SSSR count). The van der Waals surface area contributed by atoms with Gasteiger partial charge in [-0.3, -0.25) is 5.10 Å². The number of hydrogen-bond donors (Lipinski definition) is 2. The number of nitrogens with zero attached hydrogens (tertiary/aromatic N) is 3. The highest BCUT2D eigenvalue weighted by Gasteiger charge is 2.38. The molecule has 1 unspecified atom stereocenters. The maximum absolute atomic E-state index is 15.1. The Morgan fingerprint density at radius 1 is 1.23 bits per heavy atom. The molecule has 3 aromatic rings. The Bertz CT molecular complexity index is 1190. The molecule has 5 nitrogen and oxygen atoms in total. The summed E-state index contributed by atoms with van der Waals surface area (Å²) in [6.45, 7) is 3.73. The van der Waals surface area contributed by atoms with E-state index < -0.39 is 5.60 Å². The average Bonchev–Trinajstić information content (AvgIpc) is 3.44. The fourth-order valence-corrected chi connectivity index (χ4v) is 4.75. The Labute approximate surface area is 186 Å². The van der Waals surface area contributed by atoms with Crippen LogP contribution in [0, 0.1) is 23.6 Å². The molecule has 1 saturated carbocycles. The lowest BCUT2D eigenvalue weighted by atomic mass is 10.00. The summed E-state index contributed by atoms with van der Waals surface area (Å²) in [7, 11) is 2.13. The van der Waals surface area contributed by atoms with E-state index in [1.165, 1.54) is 0 Å². The van der Waals surface area contributed by atoms with Gasteiger partial charge in [0.05, 0.1) is 17.3 Å². The molecule has 162 valence electrons. The fraction of sp³-hybridized carbons (Fsp3) is 0.458. The highest BCUT2D eigenvalue weighted by molar-refractivity contribution is 6.32. The molecule has 2 aliphatic rings. The number of H-pyrrole nitrogens is 1. The summed E-state index contributed by atoms with van der Waals surface area (Å²) in [5.41, 5.74) is 1.73. The summed E-state index contributed by atoms with van der Waals surface area (Å²) in [4.78, 5) is 2.32. The van der Waals surface area contributed by atoms with Crippen LogP contribution in [-0.2, 0) is 0 Å². The first-order valence-electron chi connectivity index (χ1n) is 10.8. The third-order valence-electron chi connectivity index (χ3n) is 6.71. The minimum Gasteiger partial charge on any atom is -0.378 e. The number of halogens is 2. The van der Waals surface area contributed by atoms with E-state index >= 15 is 4.39 Å². The molecule has 7 heteroatoms. The molecule has 1 saturated heterocycles. The van der Waals surface area contributed by atoms with E-state index in [4.69, 9.17) is 11.6 Å². The Balaban J connectivity index is 1.64. The van der Waals surface area contributed by atoms with Crippen LogP contribution in [0.2, 0.25) is 5.15 Å². The van der Waals surface area contributed by atoms with Gasteiger partial charge in [-0.2, -0.15) is 5.10 Å². The van der Waals surface area contributed by atoms with Gasteiger partial charge in [0.2, 0.25) is 0 Å². The van der Waals surface area contributed by atoms with Crippen LogP contribution >= 0.6 is 11.6 Å². The molecule has 2 aromatic heterocycles. The Kier molecular flexibility index (Phi) is 5.09.